The quantitative estimate of drug-likeness (QED) is 0.336. The summed E-state index contributed by atoms with van der Waals surface area (Å²) < 4.78 is 10.5. The lowest BCUT2D eigenvalue weighted by Crippen LogP contribution is -2.40. The molecule has 0 saturated heterocycles. The summed E-state index contributed by atoms with van der Waals surface area (Å²) in [5.41, 5.74) is 0.440. The van der Waals surface area contributed by atoms with Gasteiger partial charge in [-0.1, -0.05) is 17.7 Å². The SMILES string of the molecule is C=CC[C@@H](C[C@@H](COCOCC)NC(=O)c1ccc(Cl)cc1)C(=O)O. The molecule has 138 valence electrons. The van der Waals surface area contributed by atoms with Crippen LogP contribution in [0.25, 0.3) is 0 Å². The number of carboxylic acids is 1. The summed E-state index contributed by atoms with van der Waals surface area (Å²) in [5.74, 6) is -1.90. The predicted molar refractivity (Wildman–Crippen MR) is 95.7 cm³/mol. The van der Waals surface area contributed by atoms with Crippen LogP contribution < -0.4 is 5.32 Å². The standard InChI is InChI=1S/C18H24ClNO5/c1-3-5-14(18(22)23)10-16(11-25-12-24-4-2)20-17(21)13-6-8-15(19)9-7-13/h3,6-9,14,16H,1,4-5,10-12H2,2H3,(H,20,21)(H,22,23)/t14-,16-/m0/s1. The van der Waals surface area contributed by atoms with E-state index in [1.165, 1.54) is 0 Å². The van der Waals surface area contributed by atoms with Crippen molar-refractivity contribution >= 4 is 23.5 Å². The molecule has 25 heavy (non-hydrogen) atoms. The first-order valence-electron chi connectivity index (χ1n) is 8.03. The molecule has 1 rings (SSSR count). The number of hydrogen-bond acceptors (Lipinski definition) is 4. The number of rotatable bonds is 12. The van der Waals surface area contributed by atoms with Crippen molar-refractivity contribution in [2.45, 2.75) is 25.8 Å². The fraction of sp³-hybridized carbons (Fsp3) is 0.444. The predicted octanol–water partition coefficient (Wildman–Crippen LogP) is 3.12. The highest BCUT2D eigenvalue weighted by Crippen LogP contribution is 2.15. The van der Waals surface area contributed by atoms with Crippen molar-refractivity contribution < 1.29 is 24.2 Å². The molecule has 0 spiro atoms. The Morgan fingerprint density at radius 3 is 2.56 bits per heavy atom. The molecule has 1 aromatic carbocycles. The third kappa shape index (κ3) is 8.16. The molecule has 0 aliphatic carbocycles. The molecule has 0 unspecified atom stereocenters. The van der Waals surface area contributed by atoms with Gasteiger partial charge in [-0.25, -0.2) is 0 Å². The van der Waals surface area contributed by atoms with Gasteiger partial charge in [0.15, 0.2) is 0 Å². The molecular weight excluding hydrogens is 346 g/mol. The van der Waals surface area contributed by atoms with Gasteiger partial charge >= 0.3 is 5.97 Å². The number of benzene rings is 1. The molecular formula is C18H24ClNO5. The summed E-state index contributed by atoms with van der Waals surface area (Å²) in [7, 11) is 0. The van der Waals surface area contributed by atoms with Crippen molar-refractivity contribution in [1.82, 2.24) is 5.32 Å². The molecule has 0 aliphatic rings. The fourth-order valence-electron chi connectivity index (χ4n) is 2.21. The molecule has 0 aromatic heterocycles. The maximum absolute atomic E-state index is 12.4. The van der Waals surface area contributed by atoms with E-state index in [2.05, 4.69) is 11.9 Å². The minimum absolute atomic E-state index is 0.0863. The number of amides is 1. The van der Waals surface area contributed by atoms with Crippen LogP contribution >= 0.6 is 11.6 Å². The molecule has 7 heteroatoms. The Morgan fingerprint density at radius 2 is 2.00 bits per heavy atom. The van der Waals surface area contributed by atoms with Crippen LogP contribution in [-0.2, 0) is 14.3 Å². The van der Waals surface area contributed by atoms with E-state index >= 15 is 0 Å². The summed E-state index contributed by atoms with van der Waals surface area (Å²) in [6, 6.07) is 5.98. The Morgan fingerprint density at radius 1 is 1.32 bits per heavy atom. The fourth-order valence-corrected chi connectivity index (χ4v) is 2.34. The topological polar surface area (TPSA) is 84.9 Å². The molecule has 2 atom stereocenters. The van der Waals surface area contributed by atoms with Gasteiger partial charge < -0.3 is 19.9 Å². The summed E-state index contributed by atoms with van der Waals surface area (Å²) in [6.45, 7) is 6.17. The van der Waals surface area contributed by atoms with Crippen LogP contribution in [0.5, 0.6) is 0 Å². The van der Waals surface area contributed by atoms with Gasteiger partial charge in [-0.15, -0.1) is 6.58 Å². The largest absolute Gasteiger partial charge is 0.481 e. The molecule has 2 N–H and O–H groups in total. The third-order valence-electron chi connectivity index (χ3n) is 3.50. The van der Waals surface area contributed by atoms with E-state index in [-0.39, 0.29) is 25.7 Å². The number of halogens is 1. The lowest BCUT2D eigenvalue weighted by molar-refractivity contribution is -0.142. The van der Waals surface area contributed by atoms with E-state index in [9.17, 15) is 14.7 Å². The minimum atomic E-state index is -0.935. The summed E-state index contributed by atoms with van der Waals surface area (Å²) in [6.07, 6.45) is 2.10. The molecule has 0 aliphatic heterocycles. The zero-order valence-electron chi connectivity index (χ0n) is 14.2. The number of allylic oxidation sites excluding steroid dienone is 1. The van der Waals surface area contributed by atoms with Gasteiger partial charge in [0, 0.05) is 17.2 Å². The van der Waals surface area contributed by atoms with Crippen molar-refractivity contribution in [2.24, 2.45) is 5.92 Å². The van der Waals surface area contributed by atoms with Gasteiger partial charge in [-0.3, -0.25) is 9.59 Å². The molecule has 1 aromatic rings. The highest BCUT2D eigenvalue weighted by molar-refractivity contribution is 6.30. The number of hydrogen-bond donors (Lipinski definition) is 2. The average molecular weight is 370 g/mol. The van der Waals surface area contributed by atoms with Crippen LogP contribution in [0, 0.1) is 5.92 Å². The summed E-state index contributed by atoms with van der Waals surface area (Å²) in [5, 5.41) is 12.6. The zero-order valence-corrected chi connectivity index (χ0v) is 15.0. The van der Waals surface area contributed by atoms with E-state index in [0.29, 0.717) is 23.6 Å². The highest BCUT2D eigenvalue weighted by atomic mass is 35.5. The number of carboxylic acid groups (broad SMARTS) is 1. The first-order chi connectivity index (χ1) is 12.0. The van der Waals surface area contributed by atoms with Gasteiger partial charge in [-0.05, 0) is 44.0 Å². The van der Waals surface area contributed by atoms with Crippen LogP contribution in [-0.4, -0.2) is 43.0 Å². The molecule has 0 radical (unpaired) electrons. The lowest BCUT2D eigenvalue weighted by Gasteiger charge is -2.22. The van der Waals surface area contributed by atoms with Gasteiger partial charge in [-0.2, -0.15) is 0 Å². The molecule has 1 amide bonds. The second-order valence-electron chi connectivity index (χ2n) is 5.45. The Hall–Kier alpha value is -1.89. The molecule has 6 nitrogen and oxygen atoms in total. The van der Waals surface area contributed by atoms with Crippen LogP contribution in [0.3, 0.4) is 0 Å². The van der Waals surface area contributed by atoms with E-state index in [1.807, 2.05) is 6.92 Å². The minimum Gasteiger partial charge on any atom is -0.481 e. The van der Waals surface area contributed by atoms with E-state index < -0.39 is 17.9 Å². The smallest absolute Gasteiger partial charge is 0.306 e. The van der Waals surface area contributed by atoms with E-state index in [1.54, 1.807) is 30.3 Å². The number of carbonyl (C=O) groups is 2. The van der Waals surface area contributed by atoms with Gasteiger partial charge in [0.2, 0.25) is 0 Å². The number of aliphatic carboxylic acids is 1. The molecule has 0 bridgehead atoms. The first kappa shape index (κ1) is 21.2. The first-order valence-corrected chi connectivity index (χ1v) is 8.41. The molecule has 0 fully saturated rings. The highest BCUT2D eigenvalue weighted by Gasteiger charge is 2.23. The van der Waals surface area contributed by atoms with Crippen molar-refractivity contribution in [3.8, 4) is 0 Å². The van der Waals surface area contributed by atoms with Gasteiger partial charge in [0.1, 0.15) is 6.79 Å². The Balaban J connectivity index is 2.74. The Kier molecular flexibility index (Phi) is 9.84. The molecule has 0 saturated carbocycles. The Bertz CT molecular complexity index is 561. The zero-order chi connectivity index (χ0) is 18.7. The lowest BCUT2D eigenvalue weighted by atomic mass is 9.96. The van der Waals surface area contributed by atoms with Crippen molar-refractivity contribution in [2.75, 3.05) is 20.0 Å². The van der Waals surface area contributed by atoms with Gasteiger partial charge in [0.05, 0.1) is 18.6 Å². The third-order valence-corrected chi connectivity index (χ3v) is 3.75. The molecule has 0 heterocycles. The maximum Gasteiger partial charge on any atom is 0.306 e. The number of nitrogens with one attached hydrogen (secondary N) is 1. The van der Waals surface area contributed by atoms with Crippen LogP contribution in [0.1, 0.15) is 30.1 Å². The second-order valence-corrected chi connectivity index (χ2v) is 5.89. The normalized spacial score (nSPS) is 13.0. The second kappa shape index (κ2) is 11.6. The van der Waals surface area contributed by atoms with Crippen molar-refractivity contribution in [3.63, 3.8) is 0 Å². The van der Waals surface area contributed by atoms with E-state index in [0.717, 1.165) is 0 Å². The Labute approximate surface area is 152 Å². The van der Waals surface area contributed by atoms with Crippen LogP contribution in [0.2, 0.25) is 5.02 Å². The van der Waals surface area contributed by atoms with Crippen molar-refractivity contribution in [3.05, 3.63) is 47.5 Å². The van der Waals surface area contributed by atoms with Crippen LogP contribution in [0.4, 0.5) is 0 Å². The number of ether oxygens (including phenoxy) is 2. The summed E-state index contributed by atoms with van der Waals surface area (Å²) >= 11 is 5.82. The average Bonchev–Trinajstić information content (AvgIpc) is 2.58. The monoisotopic (exact) mass is 369 g/mol. The summed E-state index contributed by atoms with van der Waals surface area (Å²) in [4.78, 5) is 23.7. The van der Waals surface area contributed by atoms with Gasteiger partial charge in [0.25, 0.3) is 5.91 Å². The van der Waals surface area contributed by atoms with E-state index in [4.69, 9.17) is 21.1 Å². The number of carbonyl (C=O) groups excluding carboxylic acids is 1. The van der Waals surface area contributed by atoms with Crippen LogP contribution in [0.15, 0.2) is 36.9 Å². The van der Waals surface area contributed by atoms with Crippen molar-refractivity contribution in [1.29, 1.82) is 0 Å². The maximum atomic E-state index is 12.4.